The third-order valence-electron chi connectivity index (χ3n) is 6.94. The van der Waals surface area contributed by atoms with E-state index >= 15 is 0 Å². The normalized spacial score (nSPS) is 20.7. The minimum atomic E-state index is -1.10. The molecule has 0 aliphatic carbocycles. The van der Waals surface area contributed by atoms with E-state index < -0.39 is 34.8 Å². The highest BCUT2D eigenvalue weighted by molar-refractivity contribution is 9.10. The van der Waals surface area contributed by atoms with Crippen LogP contribution in [0, 0.1) is 16.0 Å². The number of anilines is 2. The van der Waals surface area contributed by atoms with Gasteiger partial charge in [-0.05, 0) is 51.1 Å². The highest BCUT2D eigenvalue weighted by atomic mass is 79.9. The number of carbonyl (C=O) groups excluding carboxylic acids is 2. The van der Waals surface area contributed by atoms with E-state index in [1.54, 1.807) is 43.5 Å². The predicted molar refractivity (Wildman–Crippen MR) is 144 cm³/mol. The molecule has 2 saturated heterocycles. The molecule has 3 atom stereocenters. The van der Waals surface area contributed by atoms with Crippen molar-refractivity contribution in [3.8, 4) is 5.75 Å². The maximum atomic E-state index is 14.0. The molecule has 190 valence electrons. The number of fused-ring (bicyclic) bond motifs is 2. The minimum Gasteiger partial charge on any atom is -0.496 e. The third-order valence-corrected chi connectivity index (χ3v) is 7.56. The van der Waals surface area contributed by atoms with Crippen molar-refractivity contribution in [3.63, 3.8) is 0 Å². The van der Waals surface area contributed by atoms with Crippen molar-refractivity contribution >= 4 is 55.6 Å². The number of methoxy groups -OCH3 is 1. The Balaban J connectivity index is 1.48. The van der Waals surface area contributed by atoms with Gasteiger partial charge in [-0.25, -0.2) is 9.96 Å². The summed E-state index contributed by atoms with van der Waals surface area (Å²) in [5.41, 5.74) is 1.40. The van der Waals surface area contributed by atoms with E-state index in [0.717, 1.165) is 10.8 Å². The Morgan fingerprint density at radius 3 is 2.47 bits per heavy atom. The summed E-state index contributed by atoms with van der Waals surface area (Å²) in [7, 11) is 1.55. The van der Waals surface area contributed by atoms with Gasteiger partial charge < -0.3 is 4.74 Å². The Hall–Kier alpha value is -4.28. The van der Waals surface area contributed by atoms with Crippen LogP contribution >= 0.6 is 15.9 Å². The lowest BCUT2D eigenvalue weighted by molar-refractivity contribution is -0.384. The first-order chi connectivity index (χ1) is 18.4. The van der Waals surface area contributed by atoms with E-state index in [0.29, 0.717) is 27.2 Å². The number of amides is 2. The van der Waals surface area contributed by atoms with Gasteiger partial charge in [0.25, 0.3) is 11.6 Å². The number of hydrogen-bond donors (Lipinski definition) is 0. The first-order valence-electron chi connectivity index (χ1n) is 11.8. The Labute approximate surface area is 225 Å². The number of non-ortho nitro benzene ring substituents is 1. The average Bonchev–Trinajstić information content (AvgIpc) is 3.44. The molecule has 2 amide bonds. The molecule has 0 radical (unpaired) electrons. The number of rotatable bonds is 5. The first-order valence-corrected chi connectivity index (χ1v) is 12.6. The van der Waals surface area contributed by atoms with Crippen molar-refractivity contribution in [2.45, 2.75) is 12.1 Å². The quantitative estimate of drug-likeness (QED) is 0.175. The second-order valence-corrected chi connectivity index (χ2v) is 9.86. The summed E-state index contributed by atoms with van der Waals surface area (Å²) in [4.78, 5) is 46.1. The van der Waals surface area contributed by atoms with Crippen LogP contribution in [0.15, 0.2) is 89.4 Å². The molecule has 0 spiro atoms. The van der Waals surface area contributed by atoms with Crippen LogP contribution in [0.5, 0.6) is 5.75 Å². The Morgan fingerprint density at radius 1 is 0.947 bits per heavy atom. The highest BCUT2D eigenvalue weighted by Crippen LogP contribution is 2.49. The lowest BCUT2D eigenvalue weighted by atomic mass is 9.90. The van der Waals surface area contributed by atoms with Gasteiger partial charge in [0.15, 0.2) is 6.10 Å². The molecule has 0 bridgehead atoms. The largest absolute Gasteiger partial charge is 0.496 e. The number of imide groups is 1. The van der Waals surface area contributed by atoms with Crippen molar-refractivity contribution in [1.29, 1.82) is 0 Å². The SMILES string of the molecule is COc1ccc([C@@H]2[C@@H]3C(=O)N(c4cccc5ccccc45)C(=O)[C@@H]3ON2c2cccc([N+](=O)[O-])c2)cc1Br. The van der Waals surface area contributed by atoms with Crippen LogP contribution in [-0.2, 0) is 14.4 Å². The molecule has 0 aromatic heterocycles. The number of hydroxylamine groups is 1. The standard InChI is InChI=1S/C28H20BrN3O6/c1-37-23-13-12-17(14-21(23)29)25-24-26(38-31(25)18-8-5-9-19(15-18)32(35)36)28(34)30(27(24)33)22-11-4-7-16-6-2-3-10-20(16)22/h2-15,24-26H,1H3/t24-,25+,26+/m0/s1. The fraction of sp³-hybridized carbons (Fsp3) is 0.143. The zero-order valence-electron chi connectivity index (χ0n) is 20.0. The van der Waals surface area contributed by atoms with E-state index in [1.807, 2.05) is 30.3 Å². The maximum Gasteiger partial charge on any atom is 0.271 e. The number of carbonyl (C=O) groups is 2. The minimum absolute atomic E-state index is 0.132. The lowest BCUT2D eigenvalue weighted by Gasteiger charge is -2.29. The van der Waals surface area contributed by atoms with Crippen molar-refractivity contribution < 1.29 is 24.1 Å². The van der Waals surface area contributed by atoms with Gasteiger partial charge in [-0.3, -0.25) is 24.5 Å². The molecule has 0 unspecified atom stereocenters. The van der Waals surface area contributed by atoms with Gasteiger partial charge >= 0.3 is 0 Å². The Bertz CT molecular complexity index is 1620. The highest BCUT2D eigenvalue weighted by Gasteiger charge is 2.60. The molecular weight excluding hydrogens is 554 g/mol. The average molecular weight is 574 g/mol. The number of halogens is 1. The molecule has 0 N–H and O–H groups in total. The zero-order valence-corrected chi connectivity index (χ0v) is 21.6. The van der Waals surface area contributed by atoms with E-state index in [1.165, 1.54) is 28.2 Å². The van der Waals surface area contributed by atoms with E-state index in [4.69, 9.17) is 9.57 Å². The van der Waals surface area contributed by atoms with Crippen molar-refractivity contribution in [2.24, 2.45) is 5.92 Å². The summed E-state index contributed by atoms with van der Waals surface area (Å²) in [6, 6.07) is 23.6. The predicted octanol–water partition coefficient (Wildman–Crippen LogP) is 5.57. The fourth-order valence-corrected chi connectivity index (χ4v) is 5.79. The number of ether oxygens (including phenoxy) is 1. The summed E-state index contributed by atoms with van der Waals surface area (Å²) in [5, 5.41) is 14.6. The van der Waals surface area contributed by atoms with Crippen LogP contribution in [0.1, 0.15) is 11.6 Å². The molecule has 0 saturated carbocycles. The van der Waals surface area contributed by atoms with Crippen LogP contribution in [0.3, 0.4) is 0 Å². The van der Waals surface area contributed by atoms with Crippen LogP contribution in [0.4, 0.5) is 17.1 Å². The Morgan fingerprint density at radius 2 is 1.71 bits per heavy atom. The first kappa shape index (κ1) is 24.1. The second-order valence-electron chi connectivity index (χ2n) is 9.00. The van der Waals surface area contributed by atoms with Gasteiger partial charge in [0.05, 0.1) is 33.9 Å². The van der Waals surface area contributed by atoms with Crippen LogP contribution in [0.2, 0.25) is 0 Å². The molecule has 4 aromatic rings. The lowest BCUT2D eigenvalue weighted by Crippen LogP contribution is -2.37. The van der Waals surface area contributed by atoms with Gasteiger partial charge in [0.2, 0.25) is 5.91 Å². The molecule has 10 heteroatoms. The zero-order chi connectivity index (χ0) is 26.6. The second kappa shape index (κ2) is 9.23. The monoisotopic (exact) mass is 573 g/mol. The fourth-order valence-electron chi connectivity index (χ4n) is 5.23. The maximum absolute atomic E-state index is 14.0. The molecule has 2 fully saturated rings. The smallest absolute Gasteiger partial charge is 0.271 e. The topological polar surface area (TPSA) is 102 Å². The van der Waals surface area contributed by atoms with Crippen LogP contribution in [-0.4, -0.2) is 30.0 Å². The summed E-state index contributed by atoms with van der Waals surface area (Å²) in [5.74, 6) is -1.18. The van der Waals surface area contributed by atoms with Crippen molar-refractivity contribution in [1.82, 2.24) is 0 Å². The number of nitro benzene ring substituents is 1. The van der Waals surface area contributed by atoms with Crippen molar-refractivity contribution in [3.05, 3.63) is 105 Å². The number of nitro groups is 1. The molecule has 2 aliphatic heterocycles. The van der Waals surface area contributed by atoms with Gasteiger partial charge in [-0.15, -0.1) is 0 Å². The molecule has 2 heterocycles. The summed E-state index contributed by atoms with van der Waals surface area (Å²) in [6.45, 7) is 0. The van der Waals surface area contributed by atoms with Gasteiger partial charge in [-0.1, -0.05) is 48.5 Å². The van der Waals surface area contributed by atoms with Crippen LogP contribution in [0.25, 0.3) is 10.8 Å². The number of nitrogens with zero attached hydrogens (tertiary/aromatic N) is 3. The van der Waals surface area contributed by atoms with Gasteiger partial charge in [0, 0.05) is 17.5 Å². The molecule has 38 heavy (non-hydrogen) atoms. The van der Waals surface area contributed by atoms with Gasteiger partial charge in [0.1, 0.15) is 11.7 Å². The molecule has 4 aromatic carbocycles. The van der Waals surface area contributed by atoms with E-state index in [2.05, 4.69) is 15.9 Å². The molecule has 6 rings (SSSR count). The van der Waals surface area contributed by atoms with Crippen molar-refractivity contribution in [2.75, 3.05) is 17.1 Å². The summed E-state index contributed by atoms with van der Waals surface area (Å²) >= 11 is 3.50. The summed E-state index contributed by atoms with van der Waals surface area (Å²) < 4.78 is 6.02. The molecular formula is C28H20BrN3O6. The molecule has 2 aliphatic rings. The van der Waals surface area contributed by atoms with E-state index in [9.17, 15) is 19.7 Å². The van der Waals surface area contributed by atoms with E-state index in [-0.39, 0.29) is 5.69 Å². The van der Waals surface area contributed by atoms with Gasteiger partial charge in [-0.2, -0.15) is 0 Å². The number of benzene rings is 4. The Kier molecular flexibility index (Phi) is 5.85. The molecule has 9 nitrogen and oxygen atoms in total. The van der Waals surface area contributed by atoms with Crippen LogP contribution < -0.4 is 14.7 Å². The number of hydrogen-bond acceptors (Lipinski definition) is 7. The summed E-state index contributed by atoms with van der Waals surface area (Å²) in [6.07, 6.45) is -1.10. The third kappa shape index (κ3) is 3.72.